The number of halogens is 3. The highest BCUT2D eigenvalue weighted by Gasteiger charge is 2.11. The molecule has 0 atom stereocenters. The van der Waals surface area contributed by atoms with Crippen molar-refractivity contribution in [1.82, 2.24) is 14.9 Å². The van der Waals surface area contributed by atoms with Crippen molar-refractivity contribution in [3.8, 4) is 17.1 Å². The molecule has 5 nitrogen and oxygen atoms in total. The molecule has 1 heterocycles. The van der Waals surface area contributed by atoms with Gasteiger partial charge >= 0.3 is 0 Å². The molecule has 1 aromatic heterocycles. The van der Waals surface area contributed by atoms with E-state index in [-0.39, 0.29) is 12.4 Å². The number of benzene rings is 3. The summed E-state index contributed by atoms with van der Waals surface area (Å²) in [6, 6.07) is 19.7. The monoisotopic (exact) mass is 560 g/mol. The number of rotatable bonds is 6. The van der Waals surface area contributed by atoms with Crippen molar-refractivity contribution in [2.75, 3.05) is 0 Å². The molecule has 0 fully saturated rings. The predicted molar refractivity (Wildman–Crippen MR) is 128 cm³/mol. The number of hydrogen-bond donors (Lipinski definition) is 1. The lowest BCUT2D eigenvalue weighted by Crippen LogP contribution is -1.99. The van der Waals surface area contributed by atoms with Gasteiger partial charge in [-0.15, -0.1) is 0 Å². The number of hydrogen-bond acceptors (Lipinski definition) is 4. The van der Waals surface area contributed by atoms with Crippen molar-refractivity contribution < 1.29 is 9.13 Å². The van der Waals surface area contributed by atoms with Gasteiger partial charge in [-0.2, -0.15) is 14.9 Å². The van der Waals surface area contributed by atoms with Crippen LogP contribution in [-0.4, -0.2) is 21.1 Å². The van der Waals surface area contributed by atoms with Crippen molar-refractivity contribution in [1.29, 1.82) is 0 Å². The predicted octanol–water partition coefficient (Wildman–Crippen LogP) is 6.73. The molecule has 1 N–H and O–H groups in total. The van der Waals surface area contributed by atoms with Crippen LogP contribution in [0, 0.1) is 10.6 Å². The van der Waals surface area contributed by atoms with Gasteiger partial charge in [-0.3, -0.25) is 0 Å². The first-order valence-electron chi connectivity index (χ1n) is 9.15. The van der Waals surface area contributed by atoms with Crippen LogP contribution in [0.25, 0.3) is 11.4 Å². The van der Waals surface area contributed by atoms with Crippen molar-refractivity contribution >= 4 is 50.3 Å². The summed E-state index contributed by atoms with van der Waals surface area (Å²) < 4.78 is 22.7. The highest BCUT2D eigenvalue weighted by atomic mass is 79.9. The van der Waals surface area contributed by atoms with E-state index in [0.29, 0.717) is 16.3 Å². The van der Waals surface area contributed by atoms with Gasteiger partial charge in [-0.05, 0) is 79.5 Å². The second-order valence-corrected chi connectivity index (χ2v) is 8.60. The van der Waals surface area contributed by atoms with Gasteiger partial charge in [0.05, 0.1) is 15.2 Å². The molecule has 0 aliphatic heterocycles. The SMILES string of the molecule is Fc1cccc(COc2c(Br)cc(/C=N\n3c(-c4ccccc4)n[nH]c3=S)cc2Br)c1. The molecule has 0 aliphatic rings. The summed E-state index contributed by atoms with van der Waals surface area (Å²) in [7, 11) is 0. The van der Waals surface area contributed by atoms with Gasteiger partial charge in [0.15, 0.2) is 5.82 Å². The molecule has 3 aromatic carbocycles. The zero-order valence-electron chi connectivity index (χ0n) is 15.9. The van der Waals surface area contributed by atoms with Crippen LogP contribution in [0.1, 0.15) is 11.1 Å². The van der Waals surface area contributed by atoms with Crippen molar-refractivity contribution in [2.24, 2.45) is 5.10 Å². The van der Waals surface area contributed by atoms with Gasteiger partial charge in [-0.25, -0.2) is 9.49 Å². The first kappa shape index (κ1) is 21.6. The maximum absolute atomic E-state index is 13.4. The van der Waals surface area contributed by atoms with E-state index in [1.54, 1.807) is 17.0 Å². The van der Waals surface area contributed by atoms with Crippen LogP contribution in [0.4, 0.5) is 4.39 Å². The minimum absolute atomic E-state index is 0.243. The van der Waals surface area contributed by atoms with E-state index in [1.165, 1.54) is 12.1 Å². The minimum Gasteiger partial charge on any atom is -0.487 e. The second-order valence-electron chi connectivity index (χ2n) is 6.51. The molecule has 0 aliphatic carbocycles. The molecular formula is C22H15Br2FN4OS. The summed E-state index contributed by atoms with van der Waals surface area (Å²) in [4.78, 5) is 0. The fourth-order valence-electron chi connectivity index (χ4n) is 2.87. The molecule has 0 amide bonds. The van der Waals surface area contributed by atoms with Crippen LogP contribution in [0.5, 0.6) is 5.75 Å². The van der Waals surface area contributed by atoms with E-state index in [1.807, 2.05) is 48.5 Å². The number of ether oxygens (including phenoxy) is 1. The lowest BCUT2D eigenvalue weighted by molar-refractivity contribution is 0.301. The smallest absolute Gasteiger partial charge is 0.216 e. The maximum Gasteiger partial charge on any atom is 0.216 e. The zero-order valence-corrected chi connectivity index (χ0v) is 19.9. The average molecular weight is 562 g/mol. The summed E-state index contributed by atoms with van der Waals surface area (Å²) in [6.45, 7) is 0.243. The van der Waals surface area contributed by atoms with Gasteiger partial charge in [0, 0.05) is 5.56 Å². The second kappa shape index (κ2) is 9.67. The Morgan fingerprint density at radius 1 is 1.06 bits per heavy atom. The van der Waals surface area contributed by atoms with Crippen molar-refractivity contribution in [2.45, 2.75) is 6.61 Å². The van der Waals surface area contributed by atoms with Crippen LogP contribution >= 0.6 is 44.1 Å². The third-order valence-corrected chi connectivity index (χ3v) is 5.74. The quantitative estimate of drug-likeness (QED) is 0.210. The summed E-state index contributed by atoms with van der Waals surface area (Å²) in [6.07, 6.45) is 1.68. The average Bonchev–Trinajstić information content (AvgIpc) is 3.12. The molecule has 9 heteroatoms. The number of nitrogens with one attached hydrogen (secondary N) is 1. The van der Waals surface area contributed by atoms with Crippen LogP contribution in [0.3, 0.4) is 0 Å². The Morgan fingerprint density at radius 2 is 1.81 bits per heavy atom. The van der Waals surface area contributed by atoms with Gasteiger partial charge in [0.1, 0.15) is 18.2 Å². The van der Waals surface area contributed by atoms with Crippen molar-refractivity contribution in [3.05, 3.63) is 97.4 Å². The molecule has 4 rings (SSSR count). The van der Waals surface area contributed by atoms with Gasteiger partial charge in [0.2, 0.25) is 4.77 Å². The van der Waals surface area contributed by atoms with Gasteiger partial charge in [-0.1, -0.05) is 42.5 Å². The van der Waals surface area contributed by atoms with E-state index in [9.17, 15) is 4.39 Å². The topological polar surface area (TPSA) is 55.2 Å². The zero-order chi connectivity index (χ0) is 21.8. The molecule has 0 saturated carbocycles. The van der Waals surface area contributed by atoms with E-state index in [0.717, 1.165) is 25.6 Å². The Labute approximate surface area is 199 Å². The van der Waals surface area contributed by atoms with E-state index >= 15 is 0 Å². The number of aromatic amines is 1. The van der Waals surface area contributed by atoms with Crippen molar-refractivity contribution in [3.63, 3.8) is 0 Å². The summed E-state index contributed by atoms with van der Waals surface area (Å²) >= 11 is 12.4. The van der Waals surface area contributed by atoms with E-state index in [4.69, 9.17) is 17.0 Å². The highest BCUT2D eigenvalue weighted by Crippen LogP contribution is 2.35. The molecule has 0 saturated heterocycles. The Hall–Kier alpha value is -2.62. The Morgan fingerprint density at radius 3 is 2.52 bits per heavy atom. The van der Waals surface area contributed by atoms with Crippen LogP contribution in [-0.2, 0) is 6.61 Å². The largest absolute Gasteiger partial charge is 0.487 e. The number of aromatic nitrogens is 3. The summed E-state index contributed by atoms with van der Waals surface area (Å²) in [5.74, 6) is 0.944. The van der Waals surface area contributed by atoms with Crippen LogP contribution < -0.4 is 4.74 Å². The molecule has 0 unspecified atom stereocenters. The third kappa shape index (κ3) is 5.17. The maximum atomic E-state index is 13.4. The molecule has 0 bridgehead atoms. The first-order chi connectivity index (χ1) is 15.0. The molecule has 0 spiro atoms. The molecule has 31 heavy (non-hydrogen) atoms. The Kier molecular flexibility index (Phi) is 6.74. The normalized spacial score (nSPS) is 11.2. The van der Waals surface area contributed by atoms with E-state index < -0.39 is 0 Å². The fourth-order valence-corrected chi connectivity index (χ4v) is 4.50. The first-order valence-corrected chi connectivity index (χ1v) is 11.1. The minimum atomic E-state index is -0.293. The Bertz CT molecular complexity index is 1280. The standard InChI is InChI=1S/C22H15Br2FN4OS/c23-18-10-15(11-19(24)20(18)30-13-14-5-4-8-17(25)9-14)12-26-29-21(27-28-22(29)31)16-6-2-1-3-7-16/h1-12H,13H2,(H,28,31)/b26-12-. The molecular weight excluding hydrogens is 547 g/mol. The molecule has 4 aromatic rings. The fraction of sp³-hybridized carbons (Fsp3) is 0.0455. The summed E-state index contributed by atoms with van der Waals surface area (Å²) in [5.41, 5.74) is 2.46. The molecule has 156 valence electrons. The number of nitrogens with zero attached hydrogens (tertiary/aromatic N) is 3. The van der Waals surface area contributed by atoms with E-state index in [2.05, 4.69) is 47.2 Å². The summed E-state index contributed by atoms with van der Waals surface area (Å²) in [5, 5.41) is 11.5. The lowest BCUT2D eigenvalue weighted by atomic mass is 10.2. The Balaban J connectivity index is 1.56. The van der Waals surface area contributed by atoms with Crippen LogP contribution in [0.2, 0.25) is 0 Å². The third-order valence-electron chi connectivity index (χ3n) is 4.30. The van der Waals surface area contributed by atoms with Gasteiger partial charge in [0.25, 0.3) is 0 Å². The van der Waals surface area contributed by atoms with Gasteiger partial charge < -0.3 is 4.74 Å². The molecule has 0 radical (unpaired) electrons. The lowest BCUT2D eigenvalue weighted by Gasteiger charge is -2.11. The van der Waals surface area contributed by atoms with Crippen LogP contribution in [0.15, 0.2) is 80.8 Å². The number of H-pyrrole nitrogens is 1. The highest BCUT2D eigenvalue weighted by molar-refractivity contribution is 9.11.